The topological polar surface area (TPSA) is 62.7 Å². The number of thioether (sulfide) groups is 1. The summed E-state index contributed by atoms with van der Waals surface area (Å²) in [4.78, 5) is 18.2. The van der Waals surface area contributed by atoms with Gasteiger partial charge in [0.05, 0.1) is 12.6 Å². The van der Waals surface area contributed by atoms with Gasteiger partial charge in [0, 0.05) is 24.5 Å². The number of hydrogen-bond donors (Lipinski definition) is 1. The molecule has 0 amide bonds. The van der Waals surface area contributed by atoms with E-state index < -0.39 is 5.97 Å². The molecule has 170 valence electrons. The van der Waals surface area contributed by atoms with Gasteiger partial charge in [0.2, 0.25) is 0 Å². The van der Waals surface area contributed by atoms with Crippen LogP contribution in [-0.4, -0.2) is 59.7 Å². The third-order valence-corrected chi connectivity index (χ3v) is 7.28. The molecule has 0 unspecified atom stereocenters. The summed E-state index contributed by atoms with van der Waals surface area (Å²) in [5.41, 5.74) is 2.33. The van der Waals surface area contributed by atoms with Crippen molar-refractivity contribution in [2.45, 2.75) is 44.9 Å². The van der Waals surface area contributed by atoms with Gasteiger partial charge in [-0.05, 0) is 105 Å². The molecule has 0 saturated carbocycles. The summed E-state index contributed by atoms with van der Waals surface area (Å²) in [6.07, 6.45) is 10.9. The zero-order valence-electron chi connectivity index (χ0n) is 18.9. The molecule has 0 bridgehead atoms. The number of pyridine rings is 1. The summed E-state index contributed by atoms with van der Waals surface area (Å²) in [6, 6.07) is 8.18. The summed E-state index contributed by atoms with van der Waals surface area (Å²) in [5, 5.41) is 10.4. The summed E-state index contributed by atoms with van der Waals surface area (Å²) in [7, 11) is 1.70. The van der Waals surface area contributed by atoms with E-state index in [0.717, 1.165) is 56.6 Å². The molecule has 1 aliphatic rings. The molecule has 0 aliphatic carbocycles. The molecule has 2 atom stereocenters. The molecule has 1 saturated heterocycles. The lowest BCUT2D eigenvalue weighted by Gasteiger charge is -2.39. The Morgan fingerprint density at radius 1 is 1.26 bits per heavy atom. The molecule has 6 heteroatoms. The molecule has 5 nitrogen and oxygen atoms in total. The lowest BCUT2D eigenvalue weighted by atomic mass is 9.79. The number of benzene rings is 1. The summed E-state index contributed by atoms with van der Waals surface area (Å²) >= 11 is 1.90. The number of nitrogens with zero attached hydrogens (tertiary/aromatic N) is 2. The van der Waals surface area contributed by atoms with Crippen LogP contribution in [0, 0.1) is 11.8 Å². The Labute approximate surface area is 190 Å². The highest BCUT2D eigenvalue weighted by Gasteiger charge is 2.29. The molecular weight excluding hydrogens is 408 g/mol. The number of aromatic nitrogens is 1. The maximum absolute atomic E-state index is 11.2. The number of piperidine rings is 1. The van der Waals surface area contributed by atoms with Crippen molar-refractivity contribution >= 4 is 28.6 Å². The molecule has 1 aromatic heterocycles. The van der Waals surface area contributed by atoms with Gasteiger partial charge in [-0.15, -0.1) is 0 Å². The predicted octanol–water partition coefficient (Wildman–Crippen LogP) is 5.12. The summed E-state index contributed by atoms with van der Waals surface area (Å²) in [6.45, 7) is 3.35. The molecule has 3 rings (SSSR count). The number of rotatable bonds is 12. The van der Waals surface area contributed by atoms with E-state index in [1.54, 1.807) is 7.11 Å². The van der Waals surface area contributed by atoms with Gasteiger partial charge in [0.1, 0.15) is 5.75 Å². The van der Waals surface area contributed by atoms with Crippen molar-refractivity contribution in [3.8, 4) is 5.75 Å². The van der Waals surface area contributed by atoms with Crippen molar-refractivity contribution in [3.63, 3.8) is 0 Å². The van der Waals surface area contributed by atoms with Crippen molar-refractivity contribution in [3.05, 3.63) is 36.0 Å². The van der Waals surface area contributed by atoms with Crippen LogP contribution in [0.4, 0.5) is 0 Å². The molecule has 0 spiro atoms. The fraction of sp³-hybridized carbons (Fsp3) is 0.600. The number of carbonyl (C=O) groups is 1. The SMILES string of the molecule is COc1ccc2nccc(CCC[C@@H]3CCN(CCCSC)C[C@@H]3CCC(=O)O)c2c1. The van der Waals surface area contributed by atoms with Crippen molar-refractivity contribution in [2.75, 3.05) is 38.8 Å². The van der Waals surface area contributed by atoms with Crippen LogP contribution >= 0.6 is 11.8 Å². The second-order valence-corrected chi connectivity index (χ2v) is 9.62. The van der Waals surface area contributed by atoms with Crippen LogP contribution in [-0.2, 0) is 11.2 Å². The number of likely N-dealkylation sites (tertiary alicyclic amines) is 1. The second kappa shape index (κ2) is 12.3. The van der Waals surface area contributed by atoms with Crippen molar-refractivity contribution in [1.82, 2.24) is 9.88 Å². The average molecular weight is 445 g/mol. The van der Waals surface area contributed by atoms with E-state index in [4.69, 9.17) is 4.74 Å². The van der Waals surface area contributed by atoms with E-state index >= 15 is 0 Å². The number of aliphatic carboxylic acids is 1. The highest BCUT2D eigenvalue weighted by molar-refractivity contribution is 7.98. The third-order valence-electron chi connectivity index (χ3n) is 6.59. The minimum Gasteiger partial charge on any atom is -0.497 e. The molecule has 0 radical (unpaired) electrons. The van der Waals surface area contributed by atoms with E-state index in [9.17, 15) is 9.90 Å². The molecule has 1 aliphatic heterocycles. The fourth-order valence-corrected chi connectivity index (χ4v) is 5.31. The lowest BCUT2D eigenvalue weighted by Crippen LogP contribution is -2.41. The Bertz CT molecular complexity index is 845. The number of aryl methyl sites for hydroxylation is 1. The van der Waals surface area contributed by atoms with Crippen LogP contribution in [0.15, 0.2) is 30.5 Å². The van der Waals surface area contributed by atoms with Gasteiger partial charge in [0.25, 0.3) is 0 Å². The van der Waals surface area contributed by atoms with Crippen LogP contribution in [0.1, 0.15) is 44.1 Å². The molecule has 31 heavy (non-hydrogen) atoms. The average Bonchev–Trinajstić information content (AvgIpc) is 2.78. The largest absolute Gasteiger partial charge is 0.497 e. The van der Waals surface area contributed by atoms with Crippen molar-refractivity contribution in [1.29, 1.82) is 0 Å². The zero-order valence-corrected chi connectivity index (χ0v) is 19.7. The van der Waals surface area contributed by atoms with Gasteiger partial charge in [-0.2, -0.15) is 11.8 Å². The minimum absolute atomic E-state index is 0.286. The molecular formula is C25H36N2O3S. The molecule has 1 aromatic carbocycles. The monoisotopic (exact) mass is 444 g/mol. The summed E-state index contributed by atoms with van der Waals surface area (Å²) < 4.78 is 5.40. The van der Waals surface area contributed by atoms with E-state index in [1.807, 2.05) is 30.1 Å². The highest BCUT2D eigenvalue weighted by Crippen LogP contribution is 2.32. The first-order valence-corrected chi connectivity index (χ1v) is 12.8. The van der Waals surface area contributed by atoms with Crippen LogP contribution in [0.5, 0.6) is 5.75 Å². The van der Waals surface area contributed by atoms with Gasteiger partial charge >= 0.3 is 5.97 Å². The number of carboxylic acid groups (broad SMARTS) is 1. The van der Waals surface area contributed by atoms with Crippen LogP contribution in [0.2, 0.25) is 0 Å². The molecule has 1 N–H and O–H groups in total. The van der Waals surface area contributed by atoms with Gasteiger partial charge in [-0.3, -0.25) is 9.78 Å². The number of hydrogen-bond acceptors (Lipinski definition) is 5. The fourth-order valence-electron chi connectivity index (χ4n) is 4.89. The van der Waals surface area contributed by atoms with Crippen molar-refractivity contribution in [2.24, 2.45) is 11.8 Å². The zero-order chi connectivity index (χ0) is 22.1. The first-order chi connectivity index (χ1) is 15.1. The highest BCUT2D eigenvalue weighted by atomic mass is 32.2. The quantitative estimate of drug-likeness (QED) is 0.458. The summed E-state index contributed by atoms with van der Waals surface area (Å²) in [5.74, 6) is 2.51. The number of carboxylic acids is 1. The Hall–Kier alpha value is -1.79. The minimum atomic E-state index is -0.671. The smallest absolute Gasteiger partial charge is 0.303 e. The van der Waals surface area contributed by atoms with Crippen molar-refractivity contribution < 1.29 is 14.6 Å². The Morgan fingerprint density at radius 3 is 2.90 bits per heavy atom. The second-order valence-electron chi connectivity index (χ2n) is 8.63. The van der Waals surface area contributed by atoms with Gasteiger partial charge in [-0.25, -0.2) is 0 Å². The van der Waals surface area contributed by atoms with Gasteiger partial charge in [0.15, 0.2) is 0 Å². The Kier molecular flexibility index (Phi) is 9.47. The van der Waals surface area contributed by atoms with E-state index in [0.29, 0.717) is 11.8 Å². The van der Waals surface area contributed by atoms with Crippen LogP contribution in [0.3, 0.4) is 0 Å². The Morgan fingerprint density at radius 2 is 2.13 bits per heavy atom. The first kappa shape index (κ1) is 23.9. The van der Waals surface area contributed by atoms with E-state index in [1.165, 1.54) is 29.5 Å². The standard InChI is InChI=1S/C25H36N2O3S/c1-30-22-8-9-24-23(17-22)20(11-13-26-24)6-3-5-19-12-15-27(14-4-16-31-2)18-21(19)7-10-25(28)29/h8-9,11,13,17,19,21H,3-7,10,12,14-16,18H2,1-2H3,(H,28,29)/t19-,21+/m1/s1. The first-order valence-electron chi connectivity index (χ1n) is 11.5. The van der Waals surface area contributed by atoms with E-state index in [-0.39, 0.29) is 6.42 Å². The number of methoxy groups -OCH3 is 1. The predicted molar refractivity (Wildman–Crippen MR) is 129 cm³/mol. The maximum atomic E-state index is 11.2. The third kappa shape index (κ3) is 7.11. The molecule has 2 aromatic rings. The number of fused-ring (bicyclic) bond motifs is 1. The van der Waals surface area contributed by atoms with Gasteiger partial charge < -0.3 is 14.7 Å². The molecule has 2 heterocycles. The molecule has 1 fully saturated rings. The Balaban J connectivity index is 1.58. The normalized spacial score (nSPS) is 19.5. The number of ether oxygens (including phenoxy) is 1. The van der Waals surface area contributed by atoms with E-state index in [2.05, 4.69) is 28.3 Å². The van der Waals surface area contributed by atoms with Crippen LogP contribution in [0.25, 0.3) is 10.9 Å². The maximum Gasteiger partial charge on any atom is 0.303 e. The lowest BCUT2D eigenvalue weighted by molar-refractivity contribution is -0.137. The van der Waals surface area contributed by atoms with Gasteiger partial charge in [-0.1, -0.05) is 0 Å². The van der Waals surface area contributed by atoms with Crippen LogP contribution < -0.4 is 4.74 Å².